The Labute approximate surface area is 220 Å². The molecular weight excluding hydrogens is 444 g/mol. The van der Waals surface area contributed by atoms with Gasteiger partial charge in [-0.25, -0.2) is 0 Å². The molecule has 0 radical (unpaired) electrons. The molecule has 2 aliphatic carbocycles. The van der Waals surface area contributed by atoms with Crippen LogP contribution >= 0.6 is 0 Å². The van der Waals surface area contributed by atoms with Crippen LogP contribution in [0.5, 0.6) is 0 Å². The van der Waals surface area contributed by atoms with Crippen molar-refractivity contribution in [1.29, 1.82) is 0 Å². The fraction of sp³-hybridized carbons (Fsp3) is 0.135. The SMILES string of the molecule is C=C(C)c1cccc(-c2ccc3c(c2)C(C)Cc2ccccc2C32c3ccccc3-c3ccccc32)c1. The number of fused-ring (bicyclic) bond motifs is 9. The maximum absolute atomic E-state index is 4.17. The molecule has 0 amide bonds. The van der Waals surface area contributed by atoms with Gasteiger partial charge in [0.15, 0.2) is 0 Å². The van der Waals surface area contributed by atoms with Crippen LogP contribution in [0.4, 0.5) is 0 Å². The van der Waals surface area contributed by atoms with Crippen LogP contribution in [0.1, 0.15) is 58.7 Å². The molecule has 0 nitrogen and oxygen atoms in total. The summed E-state index contributed by atoms with van der Waals surface area (Å²) < 4.78 is 0. The summed E-state index contributed by atoms with van der Waals surface area (Å²) in [7, 11) is 0. The number of hydrogen-bond donors (Lipinski definition) is 0. The average Bonchev–Trinajstić information content (AvgIpc) is 3.18. The maximum atomic E-state index is 4.17. The van der Waals surface area contributed by atoms with E-state index in [4.69, 9.17) is 0 Å². The van der Waals surface area contributed by atoms with Crippen molar-refractivity contribution in [2.45, 2.75) is 31.6 Å². The Hall–Kier alpha value is -4.16. The summed E-state index contributed by atoms with van der Waals surface area (Å²) in [5.41, 5.74) is 15.7. The molecule has 0 aromatic heterocycles. The van der Waals surface area contributed by atoms with Crippen molar-refractivity contribution in [1.82, 2.24) is 0 Å². The lowest BCUT2D eigenvalue weighted by Gasteiger charge is -2.35. The minimum Gasteiger partial charge on any atom is -0.0955 e. The van der Waals surface area contributed by atoms with Gasteiger partial charge in [-0.05, 0) is 86.5 Å². The third-order valence-electron chi connectivity index (χ3n) is 8.57. The summed E-state index contributed by atoms with van der Waals surface area (Å²) >= 11 is 0. The third kappa shape index (κ3) is 3.09. The van der Waals surface area contributed by atoms with Crippen LogP contribution < -0.4 is 0 Å². The Morgan fingerprint density at radius 2 is 1.27 bits per heavy atom. The fourth-order valence-corrected chi connectivity index (χ4v) is 6.92. The largest absolute Gasteiger partial charge is 0.0955 e. The molecule has 2 aliphatic rings. The summed E-state index contributed by atoms with van der Waals surface area (Å²) in [6.07, 6.45) is 1.03. The van der Waals surface area contributed by atoms with E-state index in [1.165, 1.54) is 61.2 Å². The first-order valence-corrected chi connectivity index (χ1v) is 13.3. The predicted octanol–water partition coefficient (Wildman–Crippen LogP) is 9.41. The zero-order valence-corrected chi connectivity index (χ0v) is 21.5. The number of allylic oxidation sites excluding steroid dienone is 1. The first kappa shape index (κ1) is 22.1. The summed E-state index contributed by atoms with van der Waals surface area (Å²) in [5.74, 6) is 0.403. The maximum Gasteiger partial charge on any atom is 0.0718 e. The van der Waals surface area contributed by atoms with Crippen molar-refractivity contribution >= 4 is 5.57 Å². The lowest BCUT2D eigenvalue weighted by Crippen LogP contribution is -2.30. The van der Waals surface area contributed by atoms with Crippen molar-refractivity contribution in [3.8, 4) is 22.3 Å². The molecule has 5 aromatic rings. The number of benzene rings is 5. The van der Waals surface area contributed by atoms with Gasteiger partial charge >= 0.3 is 0 Å². The van der Waals surface area contributed by atoms with Crippen molar-refractivity contribution < 1.29 is 0 Å². The molecule has 0 heterocycles. The minimum absolute atomic E-state index is 0.318. The van der Waals surface area contributed by atoms with Gasteiger partial charge in [-0.15, -0.1) is 0 Å². The van der Waals surface area contributed by atoms with Crippen LogP contribution in [0.3, 0.4) is 0 Å². The molecule has 0 saturated heterocycles. The Morgan fingerprint density at radius 1 is 0.649 bits per heavy atom. The highest BCUT2D eigenvalue weighted by atomic mass is 14.5. The van der Waals surface area contributed by atoms with Gasteiger partial charge in [-0.2, -0.15) is 0 Å². The molecular formula is C37H30. The van der Waals surface area contributed by atoms with Gasteiger partial charge < -0.3 is 0 Å². The first-order valence-electron chi connectivity index (χ1n) is 13.3. The van der Waals surface area contributed by atoms with Crippen LogP contribution in [0.15, 0.2) is 122 Å². The van der Waals surface area contributed by atoms with Crippen molar-refractivity contribution in [2.24, 2.45) is 0 Å². The van der Waals surface area contributed by atoms with Gasteiger partial charge in [0.25, 0.3) is 0 Å². The van der Waals surface area contributed by atoms with E-state index in [0.29, 0.717) is 5.92 Å². The summed E-state index contributed by atoms with van der Waals surface area (Å²) in [6, 6.07) is 43.3. The molecule has 0 fully saturated rings. The standard InChI is InChI=1S/C37H30/c1-24(2)26-12-10-13-27(22-26)28-19-20-36-32(23-28)25(3)21-29-11-4-7-16-33(29)37(36)34-17-8-5-14-30(34)31-15-6-9-18-35(31)37/h4-20,22-23,25H,1,21H2,2-3H3. The normalized spacial score (nSPS) is 16.3. The molecule has 1 unspecified atom stereocenters. The smallest absolute Gasteiger partial charge is 0.0718 e. The van der Waals surface area contributed by atoms with Crippen LogP contribution in [0.25, 0.3) is 27.8 Å². The van der Waals surface area contributed by atoms with Gasteiger partial charge in [-0.3, -0.25) is 0 Å². The van der Waals surface area contributed by atoms with Crippen molar-refractivity contribution in [3.63, 3.8) is 0 Å². The average molecular weight is 475 g/mol. The highest BCUT2D eigenvalue weighted by Gasteiger charge is 2.49. The predicted molar refractivity (Wildman–Crippen MR) is 156 cm³/mol. The van der Waals surface area contributed by atoms with E-state index < -0.39 is 0 Å². The van der Waals surface area contributed by atoms with Gasteiger partial charge in [0.2, 0.25) is 0 Å². The van der Waals surface area contributed by atoms with Crippen molar-refractivity contribution in [3.05, 3.63) is 161 Å². The van der Waals surface area contributed by atoms with Crippen molar-refractivity contribution in [2.75, 3.05) is 0 Å². The molecule has 178 valence electrons. The highest BCUT2D eigenvalue weighted by Crippen LogP contribution is 2.59. The van der Waals surface area contributed by atoms with E-state index in [1.807, 2.05) is 0 Å². The van der Waals surface area contributed by atoms with Gasteiger partial charge in [0.1, 0.15) is 0 Å². The summed E-state index contributed by atoms with van der Waals surface area (Å²) in [5, 5.41) is 0. The zero-order valence-electron chi connectivity index (χ0n) is 21.5. The molecule has 7 rings (SSSR count). The van der Waals surface area contributed by atoms with Crippen LogP contribution in [0.2, 0.25) is 0 Å². The van der Waals surface area contributed by atoms with Crippen LogP contribution in [0, 0.1) is 0 Å². The van der Waals surface area contributed by atoms with E-state index in [9.17, 15) is 0 Å². The molecule has 1 spiro atoms. The molecule has 0 heteroatoms. The number of rotatable bonds is 2. The molecule has 1 atom stereocenters. The van der Waals surface area contributed by atoms with E-state index in [2.05, 4.69) is 136 Å². The van der Waals surface area contributed by atoms with Gasteiger partial charge in [0, 0.05) is 0 Å². The quantitative estimate of drug-likeness (QED) is 0.234. The minimum atomic E-state index is -0.318. The monoisotopic (exact) mass is 474 g/mol. The highest BCUT2D eigenvalue weighted by molar-refractivity contribution is 5.87. The second kappa shape index (κ2) is 8.18. The van der Waals surface area contributed by atoms with E-state index in [-0.39, 0.29) is 5.41 Å². The lowest BCUT2D eigenvalue weighted by molar-refractivity contribution is 0.747. The second-order valence-corrected chi connectivity index (χ2v) is 10.8. The molecule has 5 aromatic carbocycles. The summed E-state index contributed by atoms with van der Waals surface area (Å²) in [4.78, 5) is 0. The zero-order chi connectivity index (χ0) is 25.1. The van der Waals surface area contributed by atoms with Crippen LogP contribution in [-0.2, 0) is 11.8 Å². The Balaban J connectivity index is 1.57. The van der Waals surface area contributed by atoms with E-state index >= 15 is 0 Å². The van der Waals surface area contributed by atoms with E-state index in [1.54, 1.807) is 0 Å². The molecule has 0 saturated carbocycles. The lowest BCUT2D eigenvalue weighted by atomic mass is 9.66. The van der Waals surface area contributed by atoms with Gasteiger partial charge in [0.05, 0.1) is 5.41 Å². The van der Waals surface area contributed by atoms with E-state index in [0.717, 1.165) is 12.0 Å². The molecule has 37 heavy (non-hydrogen) atoms. The van der Waals surface area contributed by atoms with Crippen LogP contribution in [-0.4, -0.2) is 0 Å². The number of hydrogen-bond acceptors (Lipinski definition) is 0. The van der Waals surface area contributed by atoms with Gasteiger partial charge in [-0.1, -0.05) is 128 Å². The first-order chi connectivity index (χ1) is 18.1. The fourth-order valence-electron chi connectivity index (χ4n) is 6.92. The molecule has 0 aliphatic heterocycles. The Kier molecular flexibility index (Phi) is 4.88. The third-order valence-corrected chi connectivity index (χ3v) is 8.57. The summed E-state index contributed by atoms with van der Waals surface area (Å²) in [6.45, 7) is 8.64. The second-order valence-electron chi connectivity index (χ2n) is 10.8. The Morgan fingerprint density at radius 3 is 1.97 bits per heavy atom. The molecule has 0 bridgehead atoms. The molecule has 0 N–H and O–H groups in total. The topological polar surface area (TPSA) is 0 Å². The Bertz CT molecular complexity index is 1650.